The summed E-state index contributed by atoms with van der Waals surface area (Å²) in [5.41, 5.74) is 2.11. The van der Waals surface area contributed by atoms with Crippen molar-refractivity contribution in [3.05, 3.63) is 57.6 Å². The minimum absolute atomic E-state index is 0.389. The maximum atomic E-state index is 6.56. The van der Waals surface area contributed by atoms with E-state index in [-0.39, 0.29) is 0 Å². The van der Waals surface area contributed by atoms with Gasteiger partial charge in [0.1, 0.15) is 6.61 Å². The predicted molar refractivity (Wildman–Crippen MR) is 117 cm³/mol. The van der Waals surface area contributed by atoms with Crippen molar-refractivity contribution in [1.29, 1.82) is 0 Å². The molecule has 0 aromatic heterocycles. The fourth-order valence-corrected chi connectivity index (χ4v) is 4.16. The molecule has 28 heavy (non-hydrogen) atoms. The summed E-state index contributed by atoms with van der Waals surface area (Å²) in [6, 6.07) is 12.2. The van der Waals surface area contributed by atoms with Gasteiger partial charge in [0.25, 0.3) is 0 Å². The maximum absolute atomic E-state index is 6.56. The Hall–Kier alpha value is -1.42. The summed E-state index contributed by atoms with van der Waals surface area (Å²) in [5, 5.41) is 4.95. The highest BCUT2D eigenvalue weighted by Crippen LogP contribution is 2.37. The van der Waals surface area contributed by atoms with Crippen molar-refractivity contribution in [1.82, 2.24) is 5.32 Å². The topological polar surface area (TPSA) is 30.5 Å². The molecule has 0 atom stereocenters. The van der Waals surface area contributed by atoms with Crippen molar-refractivity contribution in [2.45, 2.75) is 64.6 Å². The lowest BCUT2D eigenvalue weighted by molar-refractivity contribution is 0.269. The van der Waals surface area contributed by atoms with Crippen molar-refractivity contribution in [3.8, 4) is 11.5 Å². The Labute approximate surface area is 178 Å². The monoisotopic (exact) mass is 421 g/mol. The van der Waals surface area contributed by atoms with E-state index in [0.717, 1.165) is 17.7 Å². The van der Waals surface area contributed by atoms with Gasteiger partial charge in [-0.05, 0) is 55.2 Å². The molecule has 3 nitrogen and oxygen atoms in total. The van der Waals surface area contributed by atoms with Crippen LogP contribution in [0.15, 0.2) is 36.4 Å². The van der Waals surface area contributed by atoms with Crippen LogP contribution in [-0.2, 0) is 13.2 Å². The second kappa shape index (κ2) is 10.9. The predicted octanol–water partition coefficient (Wildman–Crippen LogP) is 6.78. The third-order valence-electron chi connectivity index (χ3n) is 5.09. The lowest BCUT2D eigenvalue weighted by Crippen LogP contribution is -2.27. The highest BCUT2D eigenvalue weighted by molar-refractivity contribution is 6.32. The van der Waals surface area contributed by atoms with Crippen molar-refractivity contribution in [2.75, 3.05) is 6.61 Å². The van der Waals surface area contributed by atoms with Gasteiger partial charge in [0.05, 0.1) is 11.6 Å². The molecular formula is C23H29Cl2NO2. The number of halogens is 2. The average molecular weight is 422 g/mol. The van der Waals surface area contributed by atoms with Crippen LogP contribution in [-0.4, -0.2) is 12.6 Å². The van der Waals surface area contributed by atoms with Gasteiger partial charge in [-0.15, -0.1) is 0 Å². The summed E-state index contributed by atoms with van der Waals surface area (Å²) in [5.74, 6) is 1.27. The van der Waals surface area contributed by atoms with Gasteiger partial charge in [-0.25, -0.2) is 0 Å². The van der Waals surface area contributed by atoms with Gasteiger partial charge in [0, 0.05) is 17.6 Å². The molecule has 0 saturated heterocycles. The van der Waals surface area contributed by atoms with Crippen molar-refractivity contribution in [2.24, 2.45) is 0 Å². The van der Waals surface area contributed by atoms with E-state index < -0.39 is 0 Å². The number of rotatable bonds is 8. The van der Waals surface area contributed by atoms with Crippen LogP contribution in [0.1, 0.15) is 56.6 Å². The smallest absolute Gasteiger partial charge is 0.180 e. The van der Waals surface area contributed by atoms with Gasteiger partial charge >= 0.3 is 0 Å². The van der Waals surface area contributed by atoms with Gasteiger partial charge in [-0.2, -0.15) is 0 Å². The lowest BCUT2D eigenvalue weighted by Gasteiger charge is -2.18. The molecule has 152 valence electrons. The van der Waals surface area contributed by atoms with E-state index in [1.165, 1.54) is 38.5 Å². The quantitative estimate of drug-likeness (QED) is 0.476. The number of ether oxygens (including phenoxy) is 2. The number of hydrogen-bond donors (Lipinski definition) is 1. The number of hydrogen-bond acceptors (Lipinski definition) is 3. The van der Waals surface area contributed by atoms with E-state index in [1.54, 1.807) is 0 Å². The fraction of sp³-hybridized carbons (Fsp3) is 0.478. The van der Waals surface area contributed by atoms with E-state index in [0.29, 0.717) is 40.8 Å². The van der Waals surface area contributed by atoms with Gasteiger partial charge in [0.2, 0.25) is 0 Å². The Kier molecular flexibility index (Phi) is 8.32. The van der Waals surface area contributed by atoms with Crippen LogP contribution in [0.2, 0.25) is 10.0 Å². The fourth-order valence-electron chi connectivity index (χ4n) is 3.65. The van der Waals surface area contributed by atoms with Crippen LogP contribution in [0.4, 0.5) is 0 Å². The third kappa shape index (κ3) is 6.30. The molecule has 1 N–H and O–H groups in total. The summed E-state index contributed by atoms with van der Waals surface area (Å²) >= 11 is 12.6. The molecule has 0 amide bonds. The second-order valence-electron chi connectivity index (χ2n) is 7.33. The zero-order valence-electron chi connectivity index (χ0n) is 16.5. The summed E-state index contributed by atoms with van der Waals surface area (Å²) in [7, 11) is 0. The Morgan fingerprint density at radius 1 is 0.964 bits per heavy atom. The number of benzene rings is 2. The SMILES string of the molecule is CCOc1cc(CNC2CCCCCC2)cc(Cl)c1OCc1cccc(Cl)c1. The molecule has 1 aliphatic carbocycles. The Bertz CT molecular complexity index is 758. The molecule has 2 aromatic carbocycles. The van der Waals surface area contributed by atoms with Crippen LogP contribution in [0.5, 0.6) is 11.5 Å². The third-order valence-corrected chi connectivity index (χ3v) is 5.61. The average Bonchev–Trinajstić information content (AvgIpc) is 2.95. The molecule has 1 fully saturated rings. The van der Waals surface area contributed by atoms with E-state index in [4.69, 9.17) is 32.7 Å². The minimum atomic E-state index is 0.389. The van der Waals surface area contributed by atoms with Gasteiger partial charge in [0.15, 0.2) is 11.5 Å². The van der Waals surface area contributed by atoms with Gasteiger partial charge in [-0.3, -0.25) is 0 Å². The molecule has 0 unspecified atom stereocenters. The normalized spacial score (nSPS) is 15.2. The van der Waals surface area contributed by atoms with Crippen molar-refractivity contribution < 1.29 is 9.47 Å². The van der Waals surface area contributed by atoms with E-state index >= 15 is 0 Å². The zero-order chi connectivity index (χ0) is 19.8. The minimum Gasteiger partial charge on any atom is -0.490 e. The van der Waals surface area contributed by atoms with E-state index in [2.05, 4.69) is 5.32 Å². The van der Waals surface area contributed by atoms with E-state index in [9.17, 15) is 0 Å². The first-order valence-electron chi connectivity index (χ1n) is 10.2. The highest BCUT2D eigenvalue weighted by Gasteiger charge is 2.15. The summed E-state index contributed by atoms with van der Waals surface area (Å²) in [6.07, 6.45) is 7.87. The summed E-state index contributed by atoms with van der Waals surface area (Å²) < 4.78 is 11.8. The Morgan fingerprint density at radius 2 is 1.75 bits per heavy atom. The highest BCUT2D eigenvalue weighted by atomic mass is 35.5. The Morgan fingerprint density at radius 3 is 2.46 bits per heavy atom. The first-order chi connectivity index (χ1) is 13.7. The summed E-state index contributed by atoms with van der Waals surface area (Å²) in [6.45, 7) is 3.70. The molecular weight excluding hydrogens is 393 g/mol. The van der Waals surface area contributed by atoms with Gasteiger partial charge < -0.3 is 14.8 Å². The van der Waals surface area contributed by atoms with Crippen molar-refractivity contribution >= 4 is 23.2 Å². The summed E-state index contributed by atoms with van der Waals surface area (Å²) in [4.78, 5) is 0. The van der Waals surface area contributed by atoms with Crippen LogP contribution in [0, 0.1) is 0 Å². The molecule has 1 aliphatic rings. The molecule has 3 rings (SSSR count). The molecule has 0 bridgehead atoms. The lowest BCUT2D eigenvalue weighted by atomic mass is 10.1. The molecule has 0 heterocycles. The van der Waals surface area contributed by atoms with E-state index in [1.807, 2.05) is 43.3 Å². The molecule has 5 heteroatoms. The first-order valence-corrected chi connectivity index (χ1v) is 11.0. The standard InChI is InChI=1S/C23H29Cl2NO2/c1-2-27-22-14-18(15-26-20-10-5-3-4-6-11-20)13-21(25)23(22)28-16-17-8-7-9-19(24)12-17/h7-9,12-14,20,26H,2-6,10-11,15-16H2,1H3. The first kappa shape index (κ1) is 21.3. The zero-order valence-corrected chi connectivity index (χ0v) is 18.0. The van der Waals surface area contributed by atoms with Crippen LogP contribution < -0.4 is 14.8 Å². The molecule has 2 aromatic rings. The second-order valence-corrected chi connectivity index (χ2v) is 8.17. The van der Waals surface area contributed by atoms with Crippen molar-refractivity contribution in [3.63, 3.8) is 0 Å². The maximum Gasteiger partial charge on any atom is 0.180 e. The van der Waals surface area contributed by atoms with Crippen LogP contribution in [0.3, 0.4) is 0 Å². The van der Waals surface area contributed by atoms with Crippen LogP contribution >= 0.6 is 23.2 Å². The molecule has 0 spiro atoms. The largest absolute Gasteiger partial charge is 0.490 e. The van der Waals surface area contributed by atoms with Gasteiger partial charge in [-0.1, -0.05) is 61.0 Å². The van der Waals surface area contributed by atoms with Crippen LogP contribution in [0.25, 0.3) is 0 Å². The molecule has 1 saturated carbocycles. The Balaban J connectivity index is 1.68. The number of nitrogens with one attached hydrogen (secondary N) is 1. The molecule has 0 radical (unpaired) electrons. The molecule has 0 aliphatic heterocycles.